The summed E-state index contributed by atoms with van der Waals surface area (Å²) in [5.41, 5.74) is 5.20. The maximum atomic E-state index is 12.9. The lowest BCUT2D eigenvalue weighted by molar-refractivity contribution is -0.138. The Labute approximate surface area is 119 Å². The molecule has 0 aromatic heterocycles. The van der Waals surface area contributed by atoms with Gasteiger partial charge in [-0.25, -0.2) is 0 Å². The Morgan fingerprint density at radius 3 is 2.43 bits per heavy atom. The van der Waals surface area contributed by atoms with E-state index in [1.54, 1.807) is 0 Å². The summed E-state index contributed by atoms with van der Waals surface area (Å²) in [5, 5.41) is 0. The van der Waals surface area contributed by atoms with Crippen LogP contribution in [-0.2, 0) is 6.18 Å². The third kappa shape index (κ3) is 3.34. The van der Waals surface area contributed by atoms with E-state index in [2.05, 4.69) is 0 Å². The van der Waals surface area contributed by atoms with Crippen LogP contribution in [0, 0.1) is 0 Å². The molecule has 0 saturated heterocycles. The van der Waals surface area contributed by atoms with Crippen molar-refractivity contribution in [3.8, 4) is 11.5 Å². The van der Waals surface area contributed by atoms with Crippen LogP contribution in [-0.4, -0.2) is 5.78 Å². The molecule has 2 aromatic carbocycles. The van der Waals surface area contributed by atoms with Gasteiger partial charge in [0.25, 0.3) is 0 Å². The van der Waals surface area contributed by atoms with Crippen molar-refractivity contribution in [3.05, 3.63) is 53.6 Å². The molecule has 0 saturated carbocycles. The van der Waals surface area contributed by atoms with Crippen LogP contribution in [0.4, 0.5) is 18.9 Å². The van der Waals surface area contributed by atoms with E-state index in [0.29, 0.717) is 0 Å². The van der Waals surface area contributed by atoms with Gasteiger partial charge in [0.15, 0.2) is 5.78 Å². The van der Waals surface area contributed by atoms with Gasteiger partial charge in [0.1, 0.15) is 11.5 Å². The number of carbonyl (C=O) groups is 1. The van der Waals surface area contributed by atoms with E-state index in [1.807, 2.05) is 0 Å². The van der Waals surface area contributed by atoms with Crippen molar-refractivity contribution in [2.24, 2.45) is 0 Å². The largest absolute Gasteiger partial charge is 0.457 e. The first kappa shape index (κ1) is 14.9. The van der Waals surface area contributed by atoms with Gasteiger partial charge in [0, 0.05) is 11.3 Å². The van der Waals surface area contributed by atoms with Crippen LogP contribution in [0.3, 0.4) is 0 Å². The zero-order valence-corrected chi connectivity index (χ0v) is 11.1. The normalized spacial score (nSPS) is 11.2. The summed E-state index contributed by atoms with van der Waals surface area (Å²) in [6.45, 7) is 1.32. The molecule has 2 N–H and O–H groups in total. The standard InChI is InChI=1S/C15H12F3NO2/c1-9(20)11-8-10(6-7-13(11)19)21-14-5-3-2-4-12(14)15(16,17)18/h2-8H,19H2,1H3. The molecule has 0 aliphatic rings. The van der Waals surface area contributed by atoms with Gasteiger partial charge in [-0.05, 0) is 37.3 Å². The van der Waals surface area contributed by atoms with Crippen LogP contribution < -0.4 is 10.5 Å². The molecule has 0 aliphatic carbocycles. The number of hydrogen-bond donors (Lipinski definition) is 1. The molecule has 0 atom stereocenters. The van der Waals surface area contributed by atoms with Crippen molar-refractivity contribution in [3.63, 3.8) is 0 Å². The van der Waals surface area contributed by atoms with Crippen molar-refractivity contribution >= 4 is 11.5 Å². The molecule has 0 amide bonds. The number of nitrogen functional groups attached to an aromatic ring is 1. The SMILES string of the molecule is CC(=O)c1cc(Oc2ccccc2C(F)(F)F)ccc1N. The summed E-state index contributed by atoms with van der Waals surface area (Å²) < 4.78 is 43.9. The van der Waals surface area contributed by atoms with E-state index < -0.39 is 11.7 Å². The zero-order valence-electron chi connectivity index (χ0n) is 11.1. The number of alkyl halides is 3. The lowest BCUT2D eigenvalue weighted by atomic mass is 10.1. The van der Waals surface area contributed by atoms with Crippen LogP contribution in [0.25, 0.3) is 0 Å². The fraction of sp³-hybridized carbons (Fsp3) is 0.133. The first-order valence-electron chi connectivity index (χ1n) is 6.03. The van der Waals surface area contributed by atoms with Crippen molar-refractivity contribution in [1.29, 1.82) is 0 Å². The molecule has 0 aliphatic heterocycles. The number of ether oxygens (including phenoxy) is 1. The van der Waals surface area contributed by atoms with Crippen LogP contribution in [0.15, 0.2) is 42.5 Å². The first-order chi connectivity index (χ1) is 9.79. The van der Waals surface area contributed by atoms with E-state index in [4.69, 9.17) is 10.5 Å². The van der Waals surface area contributed by atoms with Crippen LogP contribution in [0.1, 0.15) is 22.8 Å². The second kappa shape index (κ2) is 5.47. The van der Waals surface area contributed by atoms with Gasteiger partial charge in [-0.2, -0.15) is 13.2 Å². The first-order valence-corrected chi connectivity index (χ1v) is 6.03. The molecule has 6 heteroatoms. The number of Topliss-reactive ketones (excluding diaryl/α,β-unsaturated/α-hetero) is 1. The molecule has 0 unspecified atom stereocenters. The van der Waals surface area contributed by atoms with E-state index in [1.165, 1.54) is 43.3 Å². The minimum atomic E-state index is -4.52. The second-order valence-corrected chi connectivity index (χ2v) is 4.40. The van der Waals surface area contributed by atoms with Gasteiger partial charge in [-0.3, -0.25) is 4.79 Å². The lowest BCUT2D eigenvalue weighted by Crippen LogP contribution is -2.07. The van der Waals surface area contributed by atoms with Gasteiger partial charge in [-0.15, -0.1) is 0 Å². The van der Waals surface area contributed by atoms with Crippen LogP contribution >= 0.6 is 0 Å². The molecule has 3 nitrogen and oxygen atoms in total. The van der Waals surface area contributed by atoms with Gasteiger partial charge < -0.3 is 10.5 Å². The zero-order chi connectivity index (χ0) is 15.6. The van der Waals surface area contributed by atoms with Gasteiger partial charge in [-0.1, -0.05) is 12.1 Å². The second-order valence-electron chi connectivity index (χ2n) is 4.40. The number of anilines is 1. The summed E-state index contributed by atoms with van der Waals surface area (Å²) in [5.74, 6) is -0.502. The highest BCUT2D eigenvalue weighted by molar-refractivity contribution is 5.99. The van der Waals surface area contributed by atoms with Crippen molar-refractivity contribution in [1.82, 2.24) is 0 Å². The molecule has 21 heavy (non-hydrogen) atoms. The van der Waals surface area contributed by atoms with Crippen molar-refractivity contribution in [2.45, 2.75) is 13.1 Å². The number of rotatable bonds is 3. The van der Waals surface area contributed by atoms with Gasteiger partial charge in [0.2, 0.25) is 0 Å². The number of carbonyl (C=O) groups excluding carboxylic acids is 1. The Morgan fingerprint density at radius 1 is 1.14 bits per heavy atom. The monoisotopic (exact) mass is 295 g/mol. The topological polar surface area (TPSA) is 52.3 Å². The molecule has 0 radical (unpaired) electrons. The molecular weight excluding hydrogens is 283 g/mol. The Balaban J connectivity index is 2.40. The smallest absolute Gasteiger partial charge is 0.419 e. The summed E-state index contributed by atoms with van der Waals surface area (Å²) in [6, 6.07) is 9.01. The van der Waals surface area contributed by atoms with Crippen molar-refractivity contribution in [2.75, 3.05) is 5.73 Å². The van der Waals surface area contributed by atoms with Gasteiger partial charge >= 0.3 is 6.18 Å². The fourth-order valence-electron chi connectivity index (χ4n) is 1.82. The van der Waals surface area contributed by atoms with Gasteiger partial charge in [0.05, 0.1) is 5.56 Å². The Bertz CT molecular complexity index is 681. The molecule has 0 bridgehead atoms. The minimum absolute atomic E-state index is 0.117. The summed E-state index contributed by atoms with van der Waals surface area (Å²) in [7, 11) is 0. The fourth-order valence-corrected chi connectivity index (χ4v) is 1.82. The van der Waals surface area contributed by atoms with Crippen molar-refractivity contribution < 1.29 is 22.7 Å². The van der Waals surface area contributed by atoms with Crippen LogP contribution in [0.2, 0.25) is 0 Å². The number of para-hydroxylation sites is 1. The maximum absolute atomic E-state index is 12.9. The van der Waals surface area contributed by atoms with E-state index >= 15 is 0 Å². The molecule has 2 aromatic rings. The predicted octanol–water partition coefficient (Wildman–Crippen LogP) is 4.28. The summed E-state index contributed by atoms with van der Waals surface area (Å²) >= 11 is 0. The highest BCUT2D eigenvalue weighted by Crippen LogP contribution is 2.38. The highest BCUT2D eigenvalue weighted by atomic mass is 19.4. The Hall–Kier alpha value is -2.50. The number of halogens is 3. The van der Waals surface area contributed by atoms with E-state index in [9.17, 15) is 18.0 Å². The van der Waals surface area contributed by atoms with Crippen LogP contribution in [0.5, 0.6) is 11.5 Å². The number of benzene rings is 2. The third-order valence-electron chi connectivity index (χ3n) is 2.82. The highest BCUT2D eigenvalue weighted by Gasteiger charge is 2.34. The maximum Gasteiger partial charge on any atom is 0.419 e. The third-order valence-corrected chi connectivity index (χ3v) is 2.82. The average molecular weight is 295 g/mol. The average Bonchev–Trinajstić information content (AvgIpc) is 2.40. The molecule has 0 spiro atoms. The quantitative estimate of drug-likeness (QED) is 0.679. The molecule has 0 fully saturated rings. The molecule has 110 valence electrons. The van der Waals surface area contributed by atoms with E-state index in [-0.39, 0.29) is 28.5 Å². The molecular formula is C15H12F3NO2. The summed E-state index contributed by atoms with van der Waals surface area (Å²) in [4.78, 5) is 11.4. The lowest BCUT2D eigenvalue weighted by Gasteiger charge is -2.14. The molecule has 0 heterocycles. The minimum Gasteiger partial charge on any atom is -0.457 e. The summed E-state index contributed by atoms with van der Waals surface area (Å²) in [6.07, 6.45) is -4.52. The van der Waals surface area contributed by atoms with E-state index in [0.717, 1.165) is 6.07 Å². The number of ketones is 1. The number of nitrogens with two attached hydrogens (primary N) is 1. The predicted molar refractivity (Wildman–Crippen MR) is 72.4 cm³/mol. The molecule has 2 rings (SSSR count). The Kier molecular flexibility index (Phi) is 3.88. The Morgan fingerprint density at radius 2 is 1.81 bits per heavy atom. The number of hydrogen-bond acceptors (Lipinski definition) is 3.